The molecule has 1 fully saturated rings. The molecule has 8 heteroatoms. The van der Waals surface area contributed by atoms with Gasteiger partial charge in [0.1, 0.15) is 17.2 Å². The Morgan fingerprint density at radius 1 is 1.28 bits per heavy atom. The van der Waals surface area contributed by atoms with Crippen LogP contribution in [0.5, 0.6) is 0 Å². The van der Waals surface area contributed by atoms with Crippen molar-refractivity contribution in [2.24, 2.45) is 0 Å². The minimum Gasteiger partial charge on any atom is -0.444 e. The molecule has 1 aromatic carbocycles. The van der Waals surface area contributed by atoms with Crippen molar-refractivity contribution < 1.29 is 19.1 Å². The predicted octanol–water partition coefficient (Wildman–Crippen LogP) is 2.59. The van der Waals surface area contributed by atoms with E-state index < -0.39 is 17.7 Å². The molecule has 1 aliphatic rings. The summed E-state index contributed by atoms with van der Waals surface area (Å²) in [5, 5.41) is 3.00. The van der Waals surface area contributed by atoms with Crippen molar-refractivity contribution in [2.75, 3.05) is 0 Å². The normalized spacial score (nSPS) is 17.4. The van der Waals surface area contributed by atoms with Crippen LogP contribution in [0.4, 0.5) is 4.79 Å². The van der Waals surface area contributed by atoms with Crippen LogP contribution in [-0.2, 0) is 20.9 Å². The number of amides is 1. The van der Waals surface area contributed by atoms with Crippen LogP contribution in [0.15, 0.2) is 23.0 Å². The van der Waals surface area contributed by atoms with Gasteiger partial charge in [-0.1, -0.05) is 12.1 Å². The van der Waals surface area contributed by atoms with E-state index >= 15 is 0 Å². The Bertz CT molecular complexity index is 1050. The van der Waals surface area contributed by atoms with E-state index in [1.807, 2.05) is 0 Å². The fourth-order valence-corrected chi connectivity index (χ4v) is 3.55. The van der Waals surface area contributed by atoms with Gasteiger partial charge in [0.05, 0.1) is 23.4 Å². The zero-order valence-corrected chi connectivity index (χ0v) is 17.1. The second-order valence-corrected chi connectivity index (χ2v) is 8.24. The molecule has 29 heavy (non-hydrogen) atoms. The summed E-state index contributed by atoms with van der Waals surface area (Å²) in [6, 6.07) is 4.52. The van der Waals surface area contributed by atoms with Crippen molar-refractivity contribution in [1.29, 1.82) is 0 Å². The molecule has 1 amide bonds. The lowest BCUT2D eigenvalue weighted by molar-refractivity contribution is -0.132. The molecule has 1 heterocycles. The number of aromatic nitrogens is 2. The van der Waals surface area contributed by atoms with Crippen LogP contribution in [0.1, 0.15) is 57.5 Å². The average Bonchev–Trinajstić information content (AvgIpc) is 2.60. The molecule has 1 N–H and O–H groups in total. The molecule has 8 nitrogen and oxygen atoms in total. The molecule has 0 radical (unpaired) electrons. The number of ether oxygens (including phenoxy) is 1. The van der Waals surface area contributed by atoms with Gasteiger partial charge >= 0.3 is 6.09 Å². The van der Waals surface area contributed by atoms with Gasteiger partial charge in [-0.05, 0) is 45.7 Å². The lowest BCUT2D eigenvalue weighted by atomic mass is 9.92. The van der Waals surface area contributed by atoms with E-state index in [0.717, 1.165) is 0 Å². The highest BCUT2D eigenvalue weighted by Crippen LogP contribution is 2.24. The molecule has 2 aromatic rings. The molecule has 0 aliphatic heterocycles. The number of hydrogen-bond donors (Lipinski definition) is 1. The Morgan fingerprint density at radius 3 is 2.66 bits per heavy atom. The molecule has 3 rings (SSSR count). The topological polar surface area (TPSA) is 107 Å². The third-order valence-corrected chi connectivity index (χ3v) is 4.77. The molecule has 1 aliphatic carbocycles. The number of fused-ring (bicyclic) bond motifs is 1. The SMILES string of the molecule is Cc1nc2cccc(CNC(=O)OC(C)(C)C)c2c(=O)n1C1CCC(=O)CC1=O. The number of aryl methyl sites for hydroxylation is 1. The van der Waals surface area contributed by atoms with Gasteiger partial charge in [-0.3, -0.25) is 19.0 Å². The number of hydrogen-bond acceptors (Lipinski definition) is 6. The van der Waals surface area contributed by atoms with E-state index in [1.54, 1.807) is 45.9 Å². The Balaban J connectivity index is 1.99. The Labute approximate surface area is 168 Å². The second kappa shape index (κ2) is 7.77. The average molecular weight is 399 g/mol. The van der Waals surface area contributed by atoms with E-state index in [2.05, 4.69) is 10.3 Å². The highest BCUT2D eigenvalue weighted by Gasteiger charge is 2.31. The van der Waals surface area contributed by atoms with Gasteiger partial charge < -0.3 is 10.1 Å². The summed E-state index contributed by atoms with van der Waals surface area (Å²) < 4.78 is 6.62. The molecule has 0 spiro atoms. The zero-order valence-electron chi connectivity index (χ0n) is 17.1. The fraction of sp³-hybridized carbons (Fsp3) is 0.476. The van der Waals surface area contributed by atoms with Crippen LogP contribution in [0, 0.1) is 6.92 Å². The first-order chi connectivity index (χ1) is 13.6. The number of carbonyl (C=O) groups excluding carboxylic acids is 3. The smallest absolute Gasteiger partial charge is 0.407 e. The van der Waals surface area contributed by atoms with Gasteiger partial charge in [0.2, 0.25) is 0 Å². The van der Waals surface area contributed by atoms with Gasteiger partial charge in [-0.15, -0.1) is 0 Å². The zero-order chi connectivity index (χ0) is 21.3. The number of nitrogens with zero attached hydrogens (tertiary/aromatic N) is 2. The summed E-state index contributed by atoms with van der Waals surface area (Å²) in [6.07, 6.45) is -0.182. The fourth-order valence-electron chi connectivity index (χ4n) is 3.55. The number of benzene rings is 1. The molecule has 0 saturated heterocycles. The standard InChI is InChI=1S/C21H25N3O5/c1-12-23-15-7-5-6-13(11-22-20(28)29-21(2,3)4)18(15)19(27)24(12)16-9-8-14(25)10-17(16)26/h5-7,16H,8-11H2,1-4H3,(H,22,28). The maximum absolute atomic E-state index is 13.3. The van der Waals surface area contributed by atoms with Crippen molar-refractivity contribution in [3.05, 3.63) is 39.9 Å². The Morgan fingerprint density at radius 2 is 2.00 bits per heavy atom. The lowest BCUT2D eigenvalue weighted by Gasteiger charge is -2.24. The minimum atomic E-state index is -0.691. The first-order valence-electron chi connectivity index (χ1n) is 9.59. The number of alkyl carbamates (subject to hydrolysis) is 1. The maximum Gasteiger partial charge on any atom is 0.407 e. The van der Waals surface area contributed by atoms with E-state index in [9.17, 15) is 19.2 Å². The third-order valence-electron chi connectivity index (χ3n) is 4.77. The van der Waals surface area contributed by atoms with Gasteiger partial charge in [0.15, 0.2) is 5.78 Å². The van der Waals surface area contributed by atoms with Crippen LogP contribution < -0.4 is 10.9 Å². The number of nitrogens with one attached hydrogen (secondary N) is 1. The van der Waals surface area contributed by atoms with Crippen LogP contribution in [-0.4, -0.2) is 32.8 Å². The van der Waals surface area contributed by atoms with E-state index in [0.29, 0.717) is 28.7 Å². The molecular weight excluding hydrogens is 374 g/mol. The summed E-state index contributed by atoms with van der Waals surface area (Å²) in [5.41, 5.74) is 0.0970. The van der Waals surface area contributed by atoms with Gasteiger partial charge in [0, 0.05) is 13.0 Å². The summed E-state index contributed by atoms with van der Waals surface area (Å²) >= 11 is 0. The summed E-state index contributed by atoms with van der Waals surface area (Å²) in [5.74, 6) is 0.0531. The minimum absolute atomic E-state index is 0.0866. The van der Waals surface area contributed by atoms with Crippen LogP contribution in [0.25, 0.3) is 10.9 Å². The first kappa shape index (κ1) is 20.7. The van der Waals surface area contributed by atoms with E-state index in [-0.39, 0.29) is 36.5 Å². The lowest BCUT2D eigenvalue weighted by Crippen LogP contribution is -2.37. The molecule has 154 valence electrons. The van der Waals surface area contributed by atoms with Crippen molar-refractivity contribution in [2.45, 2.75) is 65.1 Å². The summed E-state index contributed by atoms with van der Waals surface area (Å²) in [7, 11) is 0. The van der Waals surface area contributed by atoms with Crippen LogP contribution in [0.3, 0.4) is 0 Å². The largest absolute Gasteiger partial charge is 0.444 e. The Hall–Kier alpha value is -3.03. The third kappa shape index (κ3) is 4.52. The van der Waals surface area contributed by atoms with Crippen LogP contribution in [0.2, 0.25) is 0 Å². The highest BCUT2D eigenvalue weighted by molar-refractivity contribution is 6.03. The number of ketones is 2. The second-order valence-electron chi connectivity index (χ2n) is 8.24. The molecule has 1 unspecified atom stereocenters. The summed E-state index contributed by atoms with van der Waals surface area (Å²) in [6.45, 7) is 7.06. The van der Waals surface area contributed by atoms with Crippen molar-refractivity contribution in [1.82, 2.24) is 14.9 Å². The van der Waals surface area contributed by atoms with Crippen LogP contribution >= 0.6 is 0 Å². The van der Waals surface area contributed by atoms with Gasteiger partial charge in [-0.25, -0.2) is 9.78 Å². The first-order valence-corrected chi connectivity index (χ1v) is 9.59. The van der Waals surface area contributed by atoms with Crippen molar-refractivity contribution >= 4 is 28.6 Å². The molecule has 0 bridgehead atoms. The van der Waals surface area contributed by atoms with Crippen molar-refractivity contribution in [3.8, 4) is 0 Å². The quantitative estimate of drug-likeness (QED) is 0.795. The summed E-state index contributed by atoms with van der Waals surface area (Å²) in [4.78, 5) is 53.7. The van der Waals surface area contributed by atoms with Gasteiger partial charge in [-0.2, -0.15) is 0 Å². The van der Waals surface area contributed by atoms with Gasteiger partial charge in [0.25, 0.3) is 5.56 Å². The maximum atomic E-state index is 13.3. The van der Waals surface area contributed by atoms with Crippen molar-refractivity contribution in [3.63, 3.8) is 0 Å². The monoisotopic (exact) mass is 399 g/mol. The van der Waals surface area contributed by atoms with E-state index in [4.69, 9.17) is 4.74 Å². The highest BCUT2D eigenvalue weighted by atomic mass is 16.6. The molecular formula is C21H25N3O5. The number of Topliss-reactive ketones (excluding diaryl/α,β-unsaturated/α-hetero) is 2. The molecule has 1 atom stereocenters. The molecule has 1 saturated carbocycles. The van der Waals surface area contributed by atoms with E-state index in [1.165, 1.54) is 4.57 Å². The number of carbonyl (C=O) groups is 3. The molecule has 1 aromatic heterocycles. The Kier molecular flexibility index (Phi) is 5.55. The number of rotatable bonds is 3. The predicted molar refractivity (Wildman–Crippen MR) is 107 cm³/mol.